The lowest BCUT2D eigenvalue weighted by Gasteiger charge is -2.21. The van der Waals surface area contributed by atoms with Crippen LogP contribution in [0.15, 0.2) is 78.9 Å². The van der Waals surface area contributed by atoms with Gasteiger partial charge in [-0.3, -0.25) is 4.79 Å². The number of halogens is 2. The van der Waals surface area contributed by atoms with E-state index in [1.807, 2.05) is 60.7 Å². The number of rotatable bonds is 7. The number of carbonyl (C=O) groups is 1. The van der Waals surface area contributed by atoms with Crippen LogP contribution in [-0.2, 0) is 0 Å². The monoisotopic (exact) mass is 383 g/mol. The number of methoxy groups -OCH3 is 1. The van der Waals surface area contributed by atoms with E-state index in [0.717, 1.165) is 11.1 Å². The average Bonchev–Trinajstić information content (AvgIpc) is 2.73. The number of carbonyl (C=O) groups excluding carboxylic acids is 1. The molecule has 0 unspecified atom stereocenters. The number of para-hydroxylation sites is 1. The Hall–Kier alpha value is -3.41. The van der Waals surface area contributed by atoms with Gasteiger partial charge in [-0.05, 0) is 23.3 Å². The van der Waals surface area contributed by atoms with E-state index in [1.54, 1.807) is 6.07 Å². The number of alkyl halides is 2. The second-order valence-electron chi connectivity index (χ2n) is 5.94. The number of amides is 1. The predicted molar refractivity (Wildman–Crippen MR) is 102 cm³/mol. The van der Waals surface area contributed by atoms with Crippen LogP contribution in [0.2, 0.25) is 0 Å². The second kappa shape index (κ2) is 8.99. The van der Waals surface area contributed by atoms with Gasteiger partial charge in [0.2, 0.25) is 0 Å². The van der Waals surface area contributed by atoms with Crippen LogP contribution in [-0.4, -0.2) is 19.6 Å². The first kappa shape index (κ1) is 19.4. The smallest absolute Gasteiger partial charge is 0.387 e. The summed E-state index contributed by atoms with van der Waals surface area (Å²) in [6, 6.07) is 22.8. The molecule has 3 aromatic rings. The van der Waals surface area contributed by atoms with E-state index in [2.05, 4.69) is 10.1 Å². The minimum absolute atomic E-state index is 0.0310. The van der Waals surface area contributed by atoms with Crippen molar-refractivity contribution in [3.05, 3.63) is 95.6 Å². The van der Waals surface area contributed by atoms with E-state index in [9.17, 15) is 13.6 Å². The molecule has 0 aliphatic heterocycles. The summed E-state index contributed by atoms with van der Waals surface area (Å²) in [6.07, 6.45) is 0. The molecule has 0 saturated carbocycles. The largest absolute Gasteiger partial charge is 0.493 e. The fourth-order valence-electron chi connectivity index (χ4n) is 2.92. The summed E-state index contributed by atoms with van der Waals surface area (Å²) in [6.45, 7) is -3.08. The van der Waals surface area contributed by atoms with Crippen LogP contribution in [0.3, 0.4) is 0 Å². The maximum atomic E-state index is 13.0. The van der Waals surface area contributed by atoms with Gasteiger partial charge in [0.25, 0.3) is 5.91 Å². The van der Waals surface area contributed by atoms with Gasteiger partial charge in [-0.2, -0.15) is 8.78 Å². The van der Waals surface area contributed by atoms with Gasteiger partial charge in [-0.15, -0.1) is 0 Å². The summed E-state index contributed by atoms with van der Waals surface area (Å²) in [4.78, 5) is 13.0. The van der Waals surface area contributed by atoms with Crippen molar-refractivity contribution in [1.82, 2.24) is 5.32 Å². The molecule has 1 N–H and O–H groups in total. The topological polar surface area (TPSA) is 47.6 Å². The molecule has 3 aromatic carbocycles. The van der Waals surface area contributed by atoms with Gasteiger partial charge in [0.05, 0.1) is 18.7 Å². The lowest BCUT2D eigenvalue weighted by Crippen LogP contribution is -2.30. The molecule has 0 fully saturated rings. The highest BCUT2D eigenvalue weighted by Gasteiger charge is 2.23. The van der Waals surface area contributed by atoms with Gasteiger partial charge in [-0.25, -0.2) is 0 Å². The number of benzene rings is 3. The molecule has 0 heterocycles. The van der Waals surface area contributed by atoms with Crippen molar-refractivity contribution in [2.24, 2.45) is 0 Å². The van der Waals surface area contributed by atoms with Gasteiger partial charge >= 0.3 is 6.61 Å². The Morgan fingerprint density at radius 3 is 1.93 bits per heavy atom. The Morgan fingerprint density at radius 1 is 0.857 bits per heavy atom. The van der Waals surface area contributed by atoms with E-state index in [0.29, 0.717) is 0 Å². The minimum Gasteiger partial charge on any atom is -0.493 e. The Kier molecular flexibility index (Phi) is 6.22. The minimum atomic E-state index is -3.08. The molecule has 6 heteroatoms. The Bertz CT molecular complexity index is 878. The molecule has 28 heavy (non-hydrogen) atoms. The molecule has 1 amide bonds. The van der Waals surface area contributed by atoms with Crippen molar-refractivity contribution in [2.45, 2.75) is 12.7 Å². The van der Waals surface area contributed by atoms with Crippen LogP contribution in [0.5, 0.6) is 11.5 Å². The summed E-state index contributed by atoms with van der Waals surface area (Å²) in [5.41, 5.74) is 1.69. The third kappa shape index (κ3) is 4.46. The lowest BCUT2D eigenvalue weighted by atomic mass is 9.98. The zero-order valence-corrected chi connectivity index (χ0v) is 15.1. The van der Waals surface area contributed by atoms with Gasteiger partial charge in [-0.1, -0.05) is 66.7 Å². The predicted octanol–water partition coefficient (Wildman–Crippen LogP) is 4.82. The van der Waals surface area contributed by atoms with E-state index >= 15 is 0 Å². The highest BCUT2D eigenvalue weighted by atomic mass is 19.3. The van der Waals surface area contributed by atoms with Crippen LogP contribution in [0, 0.1) is 0 Å². The molecule has 0 aliphatic rings. The normalized spacial score (nSPS) is 10.8. The Balaban J connectivity index is 1.97. The summed E-state index contributed by atoms with van der Waals surface area (Å²) in [5, 5.41) is 2.91. The van der Waals surface area contributed by atoms with Crippen molar-refractivity contribution < 1.29 is 23.0 Å². The standard InChI is InChI=1S/C22H19F2NO3/c1-27-18-14-8-13-17(20(18)28-22(23)24)21(26)25-19(15-9-4-2-5-10-15)16-11-6-3-7-12-16/h2-14,19,22H,1H3,(H,25,26). The fraction of sp³-hybridized carbons (Fsp3) is 0.136. The summed E-state index contributed by atoms with van der Waals surface area (Å²) >= 11 is 0. The van der Waals surface area contributed by atoms with Gasteiger partial charge in [0.1, 0.15) is 0 Å². The molecular formula is C22H19F2NO3. The highest BCUT2D eigenvalue weighted by molar-refractivity contribution is 5.98. The molecule has 0 saturated heterocycles. The molecule has 0 aromatic heterocycles. The van der Waals surface area contributed by atoms with E-state index in [4.69, 9.17) is 4.74 Å². The highest BCUT2D eigenvalue weighted by Crippen LogP contribution is 2.33. The van der Waals surface area contributed by atoms with Crippen LogP contribution in [0.4, 0.5) is 8.78 Å². The molecule has 0 radical (unpaired) electrons. The van der Waals surface area contributed by atoms with Gasteiger partial charge < -0.3 is 14.8 Å². The maximum Gasteiger partial charge on any atom is 0.387 e. The zero-order valence-electron chi connectivity index (χ0n) is 15.1. The molecule has 0 aliphatic carbocycles. The van der Waals surface area contributed by atoms with Crippen LogP contribution >= 0.6 is 0 Å². The first-order chi connectivity index (χ1) is 13.6. The van der Waals surface area contributed by atoms with Crippen LogP contribution < -0.4 is 14.8 Å². The molecule has 4 nitrogen and oxygen atoms in total. The Labute approximate surface area is 161 Å². The first-order valence-corrected chi connectivity index (χ1v) is 8.62. The van der Waals surface area contributed by atoms with Crippen LogP contribution in [0.25, 0.3) is 0 Å². The molecule has 3 rings (SSSR count). The second-order valence-corrected chi connectivity index (χ2v) is 5.94. The fourth-order valence-corrected chi connectivity index (χ4v) is 2.92. The third-order valence-electron chi connectivity index (χ3n) is 4.19. The van der Waals surface area contributed by atoms with Crippen molar-refractivity contribution >= 4 is 5.91 Å². The molecule has 0 atom stereocenters. The zero-order chi connectivity index (χ0) is 19.9. The number of hydrogen-bond donors (Lipinski definition) is 1. The first-order valence-electron chi connectivity index (χ1n) is 8.62. The average molecular weight is 383 g/mol. The summed E-state index contributed by atoms with van der Waals surface area (Å²) < 4.78 is 35.4. The van der Waals surface area contributed by atoms with Crippen molar-refractivity contribution in [3.8, 4) is 11.5 Å². The van der Waals surface area contributed by atoms with E-state index in [-0.39, 0.29) is 17.1 Å². The maximum absolute atomic E-state index is 13.0. The SMILES string of the molecule is COc1cccc(C(=O)NC(c2ccccc2)c2ccccc2)c1OC(F)F. The molecular weight excluding hydrogens is 364 g/mol. The van der Waals surface area contributed by atoms with Gasteiger partial charge in [0.15, 0.2) is 11.5 Å². The molecule has 0 bridgehead atoms. The number of hydrogen-bond acceptors (Lipinski definition) is 3. The summed E-state index contributed by atoms with van der Waals surface area (Å²) in [7, 11) is 1.33. The molecule has 144 valence electrons. The van der Waals surface area contributed by atoms with E-state index in [1.165, 1.54) is 19.2 Å². The number of ether oxygens (including phenoxy) is 2. The quantitative estimate of drug-likeness (QED) is 0.637. The lowest BCUT2D eigenvalue weighted by molar-refractivity contribution is -0.0515. The Morgan fingerprint density at radius 2 is 1.43 bits per heavy atom. The summed E-state index contributed by atoms with van der Waals surface area (Å²) in [5.74, 6) is -0.784. The molecule has 0 spiro atoms. The van der Waals surface area contributed by atoms with E-state index < -0.39 is 18.6 Å². The van der Waals surface area contributed by atoms with Crippen molar-refractivity contribution in [1.29, 1.82) is 0 Å². The van der Waals surface area contributed by atoms with Crippen molar-refractivity contribution in [3.63, 3.8) is 0 Å². The van der Waals surface area contributed by atoms with Crippen molar-refractivity contribution in [2.75, 3.05) is 7.11 Å². The van der Waals surface area contributed by atoms with Crippen LogP contribution in [0.1, 0.15) is 27.5 Å². The third-order valence-corrected chi connectivity index (χ3v) is 4.19. The number of nitrogens with one attached hydrogen (secondary N) is 1. The van der Waals surface area contributed by atoms with Gasteiger partial charge in [0, 0.05) is 0 Å².